The molecule has 2 rings (SSSR count). The van der Waals surface area contributed by atoms with E-state index in [4.69, 9.17) is 4.74 Å². The molecule has 0 heterocycles. The summed E-state index contributed by atoms with van der Waals surface area (Å²) in [7, 11) is -1.72. The Hall–Kier alpha value is -0.620. The van der Waals surface area contributed by atoms with Crippen molar-refractivity contribution >= 4 is 15.7 Å². The van der Waals surface area contributed by atoms with Crippen molar-refractivity contribution in [3.8, 4) is 0 Å². The van der Waals surface area contributed by atoms with E-state index in [2.05, 4.69) is 5.32 Å². The molecule has 0 unspecified atom stereocenters. The highest BCUT2D eigenvalue weighted by molar-refractivity contribution is 7.93. The number of hydrogen-bond donors (Lipinski definition) is 1. The Bertz CT molecular complexity index is 427. The molecule has 0 aromatic carbocycles. The molecule has 1 amide bonds. The lowest BCUT2D eigenvalue weighted by molar-refractivity contribution is -0.127. The summed E-state index contributed by atoms with van der Waals surface area (Å²) in [4.78, 5) is 12.3. The fraction of sp³-hybridized carbons (Fsp3) is 0.917. The normalized spacial score (nSPS) is 30.8. The van der Waals surface area contributed by atoms with Gasteiger partial charge in [-0.15, -0.1) is 0 Å². The van der Waals surface area contributed by atoms with Crippen LogP contribution in [-0.2, 0) is 19.4 Å². The predicted molar refractivity (Wildman–Crippen MR) is 68.0 cm³/mol. The molecular formula is C12H21NO4S. The lowest BCUT2D eigenvalue weighted by atomic mass is 9.83. The van der Waals surface area contributed by atoms with Crippen molar-refractivity contribution in [1.29, 1.82) is 0 Å². The van der Waals surface area contributed by atoms with Crippen molar-refractivity contribution in [2.24, 2.45) is 0 Å². The zero-order valence-corrected chi connectivity index (χ0v) is 11.8. The van der Waals surface area contributed by atoms with E-state index in [9.17, 15) is 13.2 Å². The molecule has 2 saturated carbocycles. The summed E-state index contributed by atoms with van der Waals surface area (Å²) in [6, 6.07) is -0.0401. The number of amides is 1. The summed E-state index contributed by atoms with van der Waals surface area (Å²) in [6.07, 6.45) is 5.68. The van der Waals surface area contributed by atoms with Crippen LogP contribution in [0.5, 0.6) is 0 Å². The number of nitrogens with one attached hydrogen (secondary N) is 1. The molecule has 0 aromatic rings. The van der Waals surface area contributed by atoms with E-state index in [1.807, 2.05) is 0 Å². The first-order valence-electron chi connectivity index (χ1n) is 6.44. The van der Waals surface area contributed by atoms with Gasteiger partial charge in [0.1, 0.15) is 4.75 Å². The monoisotopic (exact) mass is 275 g/mol. The largest absolute Gasteiger partial charge is 0.379 e. The topological polar surface area (TPSA) is 72.5 Å². The molecule has 0 bridgehead atoms. The predicted octanol–water partition coefficient (Wildman–Crippen LogP) is 0.637. The average molecular weight is 275 g/mol. The lowest BCUT2D eigenvalue weighted by Gasteiger charge is -2.39. The van der Waals surface area contributed by atoms with Crippen LogP contribution in [0.2, 0.25) is 0 Å². The first-order chi connectivity index (χ1) is 8.40. The molecule has 2 aliphatic rings. The van der Waals surface area contributed by atoms with Gasteiger partial charge in [-0.2, -0.15) is 0 Å². The molecule has 6 heteroatoms. The number of carbonyl (C=O) groups excluding carboxylic acids is 1. The van der Waals surface area contributed by atoms with Crippen molar-refractivity contribution < 1.29 is 17.9 Å². The Kier molecular flexibility index (Phi) is 3.69. The van der Waals surface area contributed by atoms with Crippen molar-refractivity contribution in [2.45, 2.75) is 55.4 Å². The maximum Gasteiger partial charge on any atom is 0.241 e. The highest BCUT2D eigenvalue weighted by Crippen LogP contribution is 2.39. The average Bonchev–Trinajstić information content (AvgIpc) is 2.60. The third-order valence-electron chi connectivity index (χ3n) is 4.36. The van der Waals surface area contributed by atoms with Crippen LogP contribution in [0.3, 0.4) is 0 Å². The van der Waals surface area contributed by atoms with Gasteiger partial charge in [0.25, 0.3) is 0 Å². The number of methoxy groups -OCH3 is 1. The quantitative estimate of drug-likeness (QED) is 0.817. The smallest absolute Gasteiger partial charge is 0.241 e. The van der Waals surface area contributed by atoms with Gasteiger partial charge in [-0.05, 0) is 38.5 Å². The number of carbonyl (C=O) groups is 1. The van der Waals surface area contributed by atoms with Gasteiger partial charge >= 0.3 is 0 Å². The summed E-state index contributed by atoms with van der Waals surface area (Å²) in [5.41, 5.74) is 0. The van der Waals surface area contributed by atoms with Gasteiger partial charge in [0.2, 0.25) is 5.91 Å². The van der Waals surface area contributed by atoms with Gasteiger partial charge in [0.05, 0.1) is 12.1 Å². The van der Waals surface area contributed by atoms with Crippen LogP contribution in [0.15, 0.2) is 0 Å². The molecule has 2 aliphatic carbocycles. The molecule has 1 N–H and O–H groups in total. The van der Waals surface area contributed by atoms with E-state index >= 15 is 0 Å². The van der Waals surface area contributed by atoms with Crippen molar-refractivity contribution in [3.05, 3.63) is 0 Å². The lowest BCUT2D eigenvalue weighted by Crippen LogP contribution is -2.59. The number of hydrogen-bond acceptors (Lipinski definition) is 4. The Labute approximate surface area is 108 Å². The van der Waals surface area contributed by atoms with Gasteiger partial charge in [-0.3, -0.25) is 4.79 Å². The third kappa shape index (κ3) is 2.16. The molecule has 0 spiro atoms. The van der Waals surface area contributed by atoms with Crippen molar-refractivity contribution in [2.75, 3.05) is 13.4 Å². The first-order valence-corrected chi connectivity index (χ1v) is 8.33. The molecular weight excluding hydrogens is 254 g/mol. The molecule has 2 fully saturated rings. The van der Waals surface area contributed by atoms with Crippen LogP contribution in [0, 0.1) is 0 Å². The van der Waals surface area contributed by atoms with Crippen LogP contribution in [0.1, 0.15) is 38.5 Å². The second kappa shape index (κ2) is 4.81. The summed E-state index contributed by atoms with van der Waals surface area (Å²) in [5, 5.41) is 2.89. The molecule has 2 atom stereocenters. The summed E-state index contributed by atoms with van der Waals surface area (Å²) < 4.78 is 27.8. The van der Waals surface area contributed by atoms with Crippen LogP contribution >= 0.6 is 0 Å². The Morgan fingerprint density at radius 1 is 1.28 bits per heavy atom. The van der Waals surface area contributed by atoms with Crippen LogP contribution < -0.4 is 5.32 Å². The van der Waals surface area contributed by atoms with Crippen LogP contribution in [0.25, 0.3) is 0 Å². The van der Waals surface area contributed by atoms with Crippen molar-refractivity contribution in [1.82, 2.24) is 5.32 Å². The van der Waals surface area contributed by atoms with Gasteiger partial charge in [0, 0.05) is 13.4 Å². The molecule has 0 saturated heterocycles. The highest BCUT2D eigenvalue weighted by atomic mass is 32.2. The number of sulfone groups is 1. The van der Waals surface area contributed by atoms with E-state index in [1.165, 1.54) is 0 Å². The highest BCUT2D eigenvalue weighted by Gasteiger charge is 2.53. The molecule has 0 aromatic heterocycles. The van der Waals surface area contributed by atoms with E-state index < -0.39 is 14.6 Å². The minimum Gasteiger partial charge on any atom is -0.379 e. The standard InChI is InChI=1S/C12H21NO4S/c1-17-10-6-3-5-9(10)13-11(14)12(7-4-8-12)18(2,15)16/h9-10H,3-8H2,1-2H3,(H,13,14)/t9-,10-/m1/s1. The van der Waals surface area contributed by atoms with E-state index in [0.717, 1.165) is 31.9 Å². The molecule has 5 nitrogen and oxygen atoms in total. The zero-order chi connectivity index (χ0) is 13.4. The second-order valence-electron chi connectivity index (χ2n) is 5.41. The minimum absolute atomic E-state index is 0.0191. The Balaban J connectivity index is 2.08. The maximum atomic E-state index is 12.3. The fourth-order valence-electron chi connectivity index (χ4n) is 2.94. The first kappa shape index (κ1) is 13.8. The van der Waals surface area contributed by atoms with Crippen LogP contribution in [-0.4, -0.2) is 44.6 Å². The van der Waals surface area contributed by atoms with Gasteiger partial charge < -0.3 is 10.1 Å². The van der Waals surface area contributed by atoms with Gasteiger partial charge in [-0.1, -0.05) is 0 Å². The third-order valence-corrected chi connectivity index (χ3v) is 6.37. The molecule has 18 heavy (non-hydrogen) atoms. The number of ether oxygens (including phenoxy) is 1. The summed E-state index contributed by atoms with van der Waals surface area (Å²) in [6.45, 7) is 0. The van der Waals surface area contributed by atoms with Crippen LogP contribution in [0.4, 0.5) is 0 Å². The SMILES string of the molecule is CO[C@@H]1CCC[C@H]1NC(=O)C1(S(C)(=O)=O)CCC1. The van der Waals surface area contributed by atoms with Gasteiger partial charge in [0.15, 0.2) is 9.84 Å². The Morgan fingerprint density at radius 3 is 2.39 bits per heavy atom. The zero-order valence-electron chi connectivity index (χ0n) is 10.9. The molecule has 0 aliphatic heterocycles. The van der Waals surface area contributed by atoms with Gasteiger partial charge in [-0.25, -0.2) is 8.42 Å². The summed E-state index contributed by atoms with van der Waals surface area (Å²) >= 11 is 0. The van der Waals surface area contributed by atoms with E-state index in [1.54, 1.807) is 7.11 Å². The fourth-order valence-corrected chi connectivity index (χ4v) is 4.36. The van der Waals surface area contributed by atoms with E-state index in [-0.39, 0.29) is 18.1 Å². The maximum absolute atomic E-state index is 12.3. The van der Waals surface area contributed by atoms with E-state index in [0.29, 0.717) is 12.8 Å². The molecule has 0 radical (unpaired) electrons. The second-order valence-corrected chi connectivity index (χ2v) is 7.73. The Morgan fingerprint density at radius 2 is 1.94 bits per heavy atom. The summed E-state index contributed by atoms with van der Waals surface area (Å²) in [5.74, 6) is -0.329. The minimum atomic E-state index is -3.35. The molecule has 104 valence electrons. The van der Waals surface area contributed by atoms with Crippen molar-refractivity contribution in [3.63, 3.8) is 0 Å². The number of rotatable bonds is 4.